The van der Waals surface area contributed by atoms with Crippen molar-refractivity contribution in [3.05, 3.63) is 59.7 Å². The van der Waals surface area contributed by atoms with Crippen LogP contribution in [0.5, 0.6) is 0 Å². The van der Waals surface area contributed by atoms with Gasteiger partial charge in [0.2, 0.25) is 0 Å². The zero-order chi connectivity index (χ0) is 18.4. The lowest BCUT2D eigenvalue weighted by atomic mass is 10.1. The van der Waals surface area contributed by atoms with E-state index in [1.165, 1.54) is 11.3 Å². The summed E-state index contributed by atoms with van der Waals surface area (Å²) in [4.78, 5) is 2.49. The number of nitriles is 1. The first-order valence-electron chi connectivity index (χ1n) is 9.02. The molecule has 2 N–H and O–H groups in total. The van der Waals surface area contributed by atoms with Crippen LogP contribution in [0.15, 0.2) is 48.5 Å². The van der Waals surface area contributed by atoms with Gasteiger partial charge in [0, 0.05) is 30.5 Å². The third kappa shape index (κ3) is 4.53. The monoisotopic (exact) mass is 364 g/mol. The summed E-state index contributed by atoms with van der Waals surface area (Å²) in [6.07, 6.45) is 2.59. The van der Waals surface area contributed by atoms with Gasteiger partial charge in [-0.3, -0.25) is 0 Å². The summed E-state index contributed by atoms with van der Waals surface area (Å²) in [5.74, 6) is 0. The Bertz CT molecular complexity index is 794. The normalized spacial score (nSPS) is 15.2. The van der Waals surface area contributed by atoms with Gasteiger partial charge in [0.15, 0.2) is 5.11 Å². The number of nitrogens with zero attached hydrogens (tertiary/aromatic N) is 2. The largest absolute Gasteiger partial charge is 0.368 e. The molecular weight excluding hydrogens is 340 g/mol. The van der Waals surface area contributed by atoms with Crippen LogP contribution in [0.2, 0.25) is 0 Å². The Balaban J connectivity index is 1.41. The van der Waals surface area contributed by atoms with Crippen LogP contribution < -0.4 is 15.5 Å². The molecule has 26 heavy (non-hydrogen) atoms. The number of nitrogens with one attached hydrogen (secondary N) is 2. The van der Waals surface area contributed by atoms with E-state index >= 15 is 0 Å². The van der Waals surface area contributed by atoms with Gasteiger partial charge in [0.1, 0.15) is 0 Å². The maximum absolute atomic E-state index is 8.70. The van der Waals surface area contributed by atoms with E-state index in [-0.39, 0.29) is 0 Å². The fourth-order valence-corrected chi connectivity index (χ4v) is 3.61. The van der Waals surface area contributed by atoms with Gasteiger partial charge in [-0.1, -0.05) is 30.3 Å². The number of fused-ring (bicyclic) bond motifs is 1. The highest BCUT2D eigenvalue weighted by Gasteiger charge is 2.24. The molecule has 134 valence electrons. The molecule has 3 rings (SSSR count). The number of anilines is 2. The van der Waals surface area contributed by atoms with Crippen LogP contribution in [-0.4, -0.2) is 24.2 Å². The van der Waals surface area contributed by atoms with Crippen LogP contribution in [0.1, 0.15) is 24.5 Å². The average molecular weight is 365 g/mol. The Labute approximate surface area is 160 Å². The van der Waals surface area contributed by atoms with Gasteiger partial charge >= 0.3 is 0 Å². The quantitative estimate of drug-likeness (QED) is 0.602. The van der Waals surface area contributed by atoms with E-state index in [0.29, 0.717) is 17.6 Å². The van der Waals surface area contributed by atoms with Crippen LogP contribution in [0.25, 0.3) is 0 Å². The molecule has 0 bridgehead atoms. The van der Waals surface area contributed by atoms with Crippen LogP contribution in [-0.2, 0) is 12.8 Å². The van der Waals surface area contributed by atoms with Crippen molar-refractivity contribution in [2.75, 3.05) is 23.3 Å². The highest BCUT2D eigenvalue weighted by molar-refractivity contribution is 7.80. The van der Waals surface area contributed by atoms with Crippen molar-refractivity contribution in [2.24, 2.45) is 0 Å². The summed E-state index contributed by atoms with van der Waals surface area (Å²) in [6.45, 7) is 4.15. The Kier molecular flexibility index (Phi) is 6.08. The molecule has 0 aromatic heterocycles. The molecule has 1 atom stereocenters. The molecule has 0 radical (unpaired) electrons. The van der Waals surface area contributed by atoms with Gasteiger partial charge in [-0.2, -0.15) is 5.26 Å². The number of hydrogen-bond acceptors (Lipinski definition) is 3. The summed E-state index contributed by atoms with van der Waals surface area (Å²) in [6, 6.07) is 19.2. The van der Waals surface area contributed by atoms with Crippen molar-refractivity contribution < 1.29 is 0 Å². The number of para-hydroxylation sites is 1. The third-order valence-electron chi connectivity index (χ3n) is 4.70. The molecule has 0 amide bonds. The Morgan fingerprint density at radius 1 is 1.23 bits per heavy atom. The Hall–Kier alpha value is -2.58. The maximum atomic E-state index is 8.70. The van der Waals surface area contributed by atoms with Crippen LogP contribution in [0.3, 0.4) is 0 Å². The van der Waals surface area contributed by atoms with Crippen molar-refractivity contribution in [2.45, 2.75) is 32.2 Å². The second kappa shape index (κ2) is 8.68. The lowest BCUT2D eigenvalue weighted by Gasteiger charge is -2.25. The minimum atomic E-state index is 0.432. The lowest BCUT2D eigenvalue weighted by Crippen LogP contribution is -2.34. The van der Waals surface area contributed by atoms with E-state index in [0.717, 1.165) is 37.2 Å². The fourth-order valence-electron chi connectivity index (χ4n) is 3.39. The molecule has 5 heteroatoms. The smallest absolute Gasteiger partial charge is 0.170 e. The van der Waals surface area contributed by atoms with E-state index in [9.17, 15) is 0 Å². The number of benzene rings is 2. The van der Waals surface area contributed by atoms with E-state index in [1.807, 2.05) is 24.3 Å². The summed E-state index contributed by atoms with van der Waals surface area (Å²) < 4.78 is 0. The topological polar surface area (TPSA) is 51.1 Å². The minimum absolute atomic E-state index is 0.432. The number of rotatable bonds is 6. The van der Waals surface area contributed by atoms with Crippen molar-refractivity contribution in [1.82, 2.24) is 5.32 Å². The van der Waals surface area contributed by atoms with Gasteiger partial charge in [-0.15, -0.1) is 0 Å². The first-order valence-corrected chi connectivity index (χ1v) is 9.43. The van der Waals surface area contributed by atoms with Crippen molar-refractivity contribution in [3.8, 4) is 6.07 Å². The molecule has 0 spiro atoms. The SMILES string of the molecule is C[C@@H]1Cc2ccccc2N1CCCNC(=S)Nc1ccc(CC#N)cc1. The standard InChI is InChI=1S/C21H24N4S/c1-16-15-18-5-2-3-6-20(18)25(16)14-4-13-23-21(26)24-19-9-7-17(8-10-19)11-12-22/h2-3,5-10,16H,4,11,13-15H2,1H3,(H2,23,24,26)/t16-/m1/s1. The van der Waals surface area contributed by atoms with E-state index in [4.69, 9.17) is 17.5 Å². The Morgan fingerprint density at radius 2 is 2.00 bits per heavy atom. The first-order chi connectivity index (χ1) is 12.7. The molecule has 0 saturated heterocycles. The van der Waals surface area contributed by atoms with E-state index < -0.39 is 0 Å². The number of hydrogen-bond donors (Lipinski definition) is 2. The van der Waals surface area contributed by atoms with E-state index in [1.54, 1.807) is 0 Å². The fraction of sp³-hybridized carbons (Fsp3) is 0.333. The molecular formula is C21H24N4S. The molecule has 2 aromatic rings. The summed E-state index contributed by atoms with van der Waals surface area (Å²) in [7, 11) is 0. The molecule has 0 aliphatic carbocycles. The zero-order valence-corrected chi connectivity index (χ0v) is 15.9. The molecule has 1 aliphatic rings. The van der Waals surface area contributed by atoms with Gasteiger partial charge in [0.05, 0.1) is 12.5 Å². The van der Waals surface area contributed by atoms with Gasteiger partial charge < -0.3 is 15.5 Å². The molecule has 4 nitrogen and oxygen atoms in total. The molecule has 0 fully saturated rings. The summed E-state index contributed by atoms with van der Waals surface area (Å²) in [5.41, 5.74) is 4.77. The maximum Gasteiger partial charge on any atom is 0.170 e. The molecule has 1 heterocycles. The first kappa shape index (κ1) is 18.2. The highest BCUT2D eigenvalue weighted by atomic mass is 32.1. The second-order valence-corrected chi connectivity index (χ2v) is 7.05. The average Bonchev–Trinajstić information content (AvgIpc) is 2.96. The van der Waals surface area contributed by atoms with Crippen molar-refractivity contribution in [1.29, 1.82) is 5.26 Å². The van der Waals surface area contributed by atoms with E-state index in [2.05, 4.69) is 52.8 Å². The summed E-state index contributed by atoms with van der Waals surface area (Å²) >= 11 is 5.37. The Morgan fingerprint density at radius 3 is 2.77 bits per heavy atom. The predicted octanol–water partition coefficient (Wildman–Crippen LogP) is 3.88. The predicted molar refractivity (Wildman–Crippen MR) is 112 cm³/mol. The van der Waals surface area contributed by atoms with Gasteiger partial charge in [-0.25, -0.2) is 0 Å². The van der Waals surface area contributed by atoms with Crippen molar-refractivity contribution in [3.63, 3.8) is 0 Å². The molecule has 0 saturated carbocycles. The van der Waals surface area contributed by atoms with Crippen LogP contribution in [0, 0.1) is 11.3 Å². The van der Waals surface area contributed by atoms with Gasteiger partial charge in [0.25, 0.3) is 0 Å². The lowest BCUT2D eigenvalue weighted by molar-refractivity contribution is 0.641. The third-order valence-corrected chi connectivity index (χ3v) is 4.95. The van der Waals surface area contributed by atoms with Crippen LogP contribution >= 0.6 is 12.2 Å². The van der Waals surface area contributed by atoms with Gasteiger partial charge in [-0.05, 0) is 61.3 Å². The molecule has 2 aromatic carbocycles. The summed E-state index contributed by atoms with van der Waals surface area (Å²) in [5, 5.41) is 15.8. The van der Waals surface area contributed by atoms with Crippen LogP contribution in [0.4, 0.5) is 11.4 Å². The van der Waals surface area contributed by atoms with Crippen molar-refractivity contribution >= 4 is 28.7 Å². The minimum Gasteiger partial charge on any atom is -0.368 e. The number of thiocarbonyl (C=S) groups is 1. The second-order valence-electron chi connectivity index (χ2n) is 6.64. The molecule has 1 aliphatic heterocycles. The molecule has 0 unspecified atom stereocenters. The highest BCUT2D eigenvalue weighted by Crippen LogP contribution is 2.31. The zero-order valence-electron chi connectivity index (χ0n) is 15.0.